The van der Waals surface area contributed by atoms with Gasteiger partial charge in [-0.2, -0.15) is 0 Å². The number of para-hydroxylation sites is 4. The van der Waals surface area contributed by atoms with Crippen molar-refractivity contribution in [1.29, 1.82) is 0 Å². The largest absolute Gasteiger partial charge is 0.497 e. The molecular formula is C30H34O8. The Hall–Kier alpha value is -3.91. The van der Waals surface area contributed by atoms with Gasteiger partial charge in [0.2, 0.25) is 0 Å². The number of benzene rings is 3. The van der Waals surface area contributed by atoms with Crippen molar-refractivity contribution in [2.45, 2.75) is 25.4 Å². The predicted molar refractivity (Wildman–Crippen MR) is 142 cm³/mol. The first kappa shape index (κ1) is 27.1. The van der Waals surface area contributed by atoms with Crippen LogP contribution in [0.2, 0.25) is 0 Å². The zero-order chi connectivity index (χ0) is 26.6. The maximum atomic E-state index is 13.3. The summed E-state index contributed by atoms with van der Waals surface area (Å²) in [7, 11) is 1.58. The number of esters is 1. The van der Waals surface area contributed by atoms with E-state index in [-0.39, 0.29) is 13.2 Å². The molecule has 3 aromatic rings. The van der Waals surface area contributed by atoms with E-state index < -0.39 is 11.6 Å². The lowest BCUT2D eigenvalue weighted by Crippen LogP contribution is -2.46. The molecule has 0 atom stereocenters. The van der Waals surface area contributed by atoms with E-state index in [1.165, 1.54) is 0 Å². The molecule has 0 N–H and O–H groups in total. The summed E-state index contributed by atoms with van der Waals surface area (Å²) in [4.78, 5) is 13.3. The Kier molecular flexibility index (Phi) is 9.70. The smallest absolute Gasteiger partial charge is 0.338 e. The van der Waals surface area contributed by atoms with Gasteiger partial charge in [-0.25, -0.2) is 4.79 Å². The van der Waals surface area contributed by atoms with E-state index in [0.717, 1.165) is 6.42 Å². The second-order valence-corrected chi connectivity index (χ2v) is 8.83. The molecule has 0 saturated heterocycles. The van der Waals surface area contributed by atoms with E-state index in [2.05, 4.69) is 0 Å². The van der Waals surface area contributed by atoms with E-state index in [0.29, 0.717) is 67.2 Å². The standard InChI is InChI=1S/C30H34O8/c1-3-16-30(38-29(31)23-12-14-24(32-2)15-13-23)21-36-27-10-6-4-8-25(27)34-19-17-33-18-20-35-26-9-5-7-11-28(26)37-22-30/h4-15H,3,16-22H2,1-2H3. The summed E-state index contributed by atoms with van der Waals surface area (Å²) in [5.41, 5.74) is -0.688. The number of ether oxygens (including phenoxy) is 7. The molecule has 0 fully saturated rings. The molecule has 0 amide bonds. The summed E-state index contributed by atoms with van der Waals surface area (Å²) < 4.78 is 41.3. The van der Waals surface area contributed by atoms with Crippen molar-refractivity contribution in [1.82, 2.24) is 0 Å². The maximum Gasteiger partial charge on any atom is 0.338 e. The number of rotatable bonds is 5. The Balaban J connectivity index is 1.64. The maximum absolute atomic E-state index is 13.3. The van der Waals surface area contributed by atoms with Crippen LogP contribution < -0.4 is 23.7 Å². The van der Waals surface area contributed by atoms with Crippen molar-refractivity contribution in [3.8, 4) is 28.7 Å². The van der Waals surface area contributed by atoms with E-state index in [1.807, 2.05) is 55.5 Å². The third-order valence-electron chi connectivity index (χ3n) is 5.99. The van der Waals surface area contributed by atoms with Gasteiger partial charge < -0.3 is 33.2 Å². The van der Waals surface area contributed by atoms with Gasteiger partial charge in [0, 0.05) is 0 Å². The van der Waals surface area contributed by atoms with Crippen molar-refractivity contribution < 1.29 is 38.0 Å². The van der Waals surface area contributed by atoms with Crippen molar-refractivity contribution in [2.75, 3.05) is 46.8 Å². The topological polar surface area (TPSA) is 81.7 Å². The number of hydrogen-bond acceptors (Lipinski definition) is 8. The van der Waals surface area contributed by atoms with Gasteiger partial charge in [0.05, 0.1) is 25.9 Å². The first-order chi connectivity index (χ1) is 18.6. The molecule has 0 bridgehead atoms. The van der Waals surface area contributed by atoms with E-state index >= 15 is 0 Å². The lowest BCUT2D eigenvalue weighted by molar-refractivity contribution is -0.0696. The van der Waals surface area contributed by atoms with Gasteiger partial charge in [-0.1, -0.05) is 37.6 Å². The van der Waals surface area contributed by atoms with Crippen LogP contribution in [0.4, 0.5) is 0 Å². The van der Waals surface area contributed by atoms with Gasteiger partial charge in [-0.15, -0.1) is 0 Å². The molecule has 38 heavy (non-hydrogen) atoms. The van der Waals surface area contributed by atoms with Gasteiger partial charge in [-0.05, 0) is 55.0 Å². The van der Waals surface area contributed by atoms with E-state index in [4.69, 9.17) is 33.2 Å². The van der Waals surface area contributed by atoms with Crippen LogP contribution in [0.15, 0.2) is 72.8 Å². The summed E-state index contributed by atoms with van der Waals surface area (Å²) in [6.07, 6.45) is 1.24. The zero-order valence-electron chi connectivity index (χ0n) is 21.9. The minimum absolute atomic E-state index is 0.0582. The molecule has 0 spiro atoms. The molecular weight excluding hydrogens is 488 g/mol. The lowest BCUT2D eigenvalue weighted by Gasteiger charge is -2.33. The molecule has 4 rings (SSSR count). The molecule has 0 aromatic heterocycles. The van der Waals surface area contributed by atoms with E-state index in [9.17, 15) is 4.79 Å². The zero-order valence-corrected chi connectivity index (χ0v) is 21.9. The van der Waals surface area contributed by atoms with Crippen LogP contribution in [0.5, 0.6) is 28.7 Å². The van der Waals surface area contributed by atoms with Crippen molar-refractivity contribution >= 4 is 5.97 Å². The highest BCUT2D eigenvalue weighted by Crippen LogP contribution is 2.32. The fourth-order valence-electron chi connectivity index (χ4n) is 4.05. The van der Waals surface area contributed by atoms with Gasteiger partial charge in [0.1, 0.15) is 32.2 Å². The third kappa shape index (κ3) is 7.32. The molecule has 1 aliphatic heterocycles. The van der Waals surface area contributed by atoms with Crippen molar-refractivity contribution in [3.63, 3.8) is 0 Å². The van der Waals surface area contributed by atoms with Crippen molar-refractivity contribution in [2.24, 2.45) is 0 Å². The number of carbonyl (C=O) groups is 1. The average molecular weight is 523 g/mol. The van der Waals surface area contributed by atoms with Crippen LogP contribution in [-0.4, -0.2) is 58.3 Å². The molecule has 0 radical (unpaired) electrons. The normalized spacial score (nSPS) is 15.7. The average Bonchev–Trinajstić information content (AvgIpc) is 2.95. The van der Waals surface area contributed by atoms with Crippen molar-refractivity contribution in [3.05, 3.63) is 78.4 Å². The van der Waals surface area contributed by atoms with Gasteiger partial charge in [-0.3, -0.25) is 0 Å². The molecule has 0 unspecified atom stereocenters. The Labute approximate surface area is 223 Å². The number of fused-ring (bicyclic) bond motifs is 2. The Morgan fingerprint density at radius 2 is 1.24 bits per heavy atom. The van der Waals surface area contributed by atoms with Crippen LogP contribution in [0, 0.1) is 0 Å². The lowest BCUT2D eigenvalue weighted by atomic mass is 9.99. The summed E-state index contributed by atoms with van der Waals surface area (Å²) in [6.45, 7) is 3.64. The highest BCUT2D eigenvalue weighted by atomic mass is 16.6. The predicted octanol–water partition coefficient (Wildman–Crippen LogP) is 5.34. The number of hydrogen-bond donors (Lipinski definition) is 0. The first-order valence-corrected chi connectivity index (χ1v) is 12.8. The molecule has 202 valence electrons. The van der Waals surface area contributed by atoms with E-state index in [1.54, 1.807) is 31.4 Å². The second kappa shape index (κ2) is 13.6. The van der Waals surface area contributed by atoms with Crippen LogP contribution in [-0.2, 0) is 9.47 Å². The molecule has 8 heteroatoms. The Morgan fingerprint density at radius 1 is 0.737 bits per heavy atom. The SMILES string of the molecule is CCCC1(OC(=O)c2ccc(OC)cc2)COc2ccccc2OCCOCCOc2ccccc2OC1. The quantitative estimate of drug-likeness (QED) is 0.416. The summed E-state index contributed by atoms with van der Waals surface area (Å²) in [5.74, 6) is 2.43. The minimum Gasteiger partial charge on any atom is -0.497 e. The van der Waals surface area contributed by atoms with Gasteiger partial charge in [0.15, 0.2) is 28.6 Å². The summed E-state index contributed by atoms with van der Waals surface area (Å²) >= 11 is 0. The molecule has 8 nitrogen and oxygen atoms in total. The van der Waals surface area contributed by atoms with Gasteiger partial charge >= 0.3 is 5.97 Å². The van der Waals surface area contributed by atoms with Gasteiger partial charge in [0.25, 0.3) is 0 Å². The Morgan fingerprint density at radius 3 is 1.71 bits per heavy atom. The van der Waals surface area contributed by atoms with Crippen LogP contribution in [0.25, 0.3) is 0 Å². The Bertz CT molecular complexity index is 1110. The molecule has 0 saturated carbocycles. The second-order valence-electron chi connectivity index (χ2n) is 8.83. The number of carbonyl (C=O) groups excluding carboxylic acids is 1. The fourth-order valence-corrected chi connectivity index (χ4v) is 4.05. The summed E-state index contributed by atoms with van der Waals surface area (Å²) in [5, 5.41) is 0. The molecule has 1 aliphatic rings. The van der Waals surface area contributed by atoms with Crippen LogP contribution in [0.1, 0.15) is 30.1 Å². The molecule has 1 heterocycles. The fraction of sp³-hybridized carbons (Fsp3) is 0.367. The number of methoxy groups -OCH3 is 1. The summed E-state index contributed by atoms with van der Waals surface area (Å²) in [6, 6.07) is 21.6. The molecule has 0 aliphatic carbocycles. The monoisotopic (exact) mass is 522 g/mol. The minimum atomic E-state index is -1.09. The highest BCUT2D eigenvalue weighted by molar-refractivity contribution is 5.89. The third-order valence-corrected chi connectivity index (χ3v) is 5.99. The highest BCUT2D eigenvalue weighted by Gasteiger charge is 2.37. The first-order valence-electron chi connectivity index (χ1n) is 12.8. The molecule has 3 aromatic carbocycles. The van der Waals surface area contributed by atoms with Crippen LogP contribution >= 0.6 is 0 Å². The van der Waals surface area contributed by atoms with Crippen LogP contribution in [0.3, 0.4) is 0 Å².